The molecule has 14 N–H and O–H groups in total. The van der Waals surface area contributed by atoms with Gasteiger partial charge in [0.25, 0.3) is 0 Å². The van der Waals surface area contributed by atoms with E-state index >= 15 is 0 Å². The summed E-state index contributed by atoms with van der Waals surface area (Å²) in [5.74, 6) is 0.528. The lowest BCUT2D eigenvalue weighted by molar-refractivity contribution is -0.326. The van der Waals surface area contributed by atoms with Crippen LogP contribution in [0, 0.1) is 0 Å². The molecule has 31 heteroatoms. The molecular formula is C44H66N6O25. The van der Waals surface area contributed by atoms with Crippen molar-refractivity contribution in [3.05, 3.63) is 47.5 Å². The summed E-state index contributed by atoms with van der Waals surface area (Å²) in [4.78, 5) is 11.8. The molecule has 20 atom stereocenters. The first-order valence-corrected chi connectivity index (χ1v) is 23.9. The van der Waals surface area contributed by atoms with Gasteiger partial charge in [0.05, 0.1) is 70.7 Å². The highest BCUT2D eigenvalue weighted by Crippen LogP contribution is 2.33. The van der Waals surface area contributed by atoms with Gasteiger partial charge in [0.15, 0.2) is 18.9 Å². The first-order valence-electron chi connectivity index (χ1n) is 23.9. The van der Waals surface area contributed by atoms with Crippen molar-refractivity contribution >= 4 is 6.29 Å². The average Bonchev–Trinajstić information content (AvgIpc) is 4.07. The Kier molecular flexibility index (Phi) is 20.3. The van der Waals surface area contributed by atoms with Crippen molar-refractivity contribution in [1.82, 2.24) is 30.0 Å². The average molecular weight is 1080 g/mol. The smallest absolute Gasteiger partial charge is 0.186 e. The van der Waals surface area contributed by atoms with Gasteiger partial charge < -0.3 is 119 Å². The number of carbonyl (C=O) groups excluding carboxylic acids is 1. The van der Waals surface area contributed by atoms with Crippen LogP contribution >= 0.6 is 0 Å². The minimum Gasteiger partial charge on any atom is -0.487 e. The van der Waals surface area contributed by atoms with Crippen LogP contribution in [0.5, 0.6) is 11.5 Å². The fourth-order valence-corrected chi connectivity index (χ4v) is 8.53. The van der Waals surface area contributed by atoms with Crippen molar-refractivity contribution in [2.24, 2.45) is 0 Å². The number of aromatic nitrogens is 6. The van der Waals surface area contributed by atoms with Gasteiger partial charge in [-0.25, -0.2) is 9.36 Å². The van der Waals surface area contributed by atoms with E-state index in [1.54, 1.807) is 12.4 Å². The highest BCUT2D eigenvalue weighted by molar-refractivity contribution is 5.76. The number of aldehydes is 1. The number of hydrogen-bond acceptors (Lipinski definition) is 29. The van der Waals surface area contributed by atoms with E-state index in [0.717, 1.165) is 0 Å². The second-order valence-electron chi connectivity index (χ2n) is 18.8. The summed E-state index contributed by atoms with van der Waals surface area (Å²) in [5, 5.41) is 160. The van der Waals surface area contributed by atoms with Gasteiger partial charge in [-0.05, 0) is 26.0 Å². The lowest BCUT2D eigenvalue weighted by atomic mass is 9.86. The number of benzene rings is 1. The van der Waals surface area contributed by atoms with Gasteiger partial charge in [-0.1, -0.05) is 10.4 Å². The zero-order valence-electron chi connectivity index (χ0n) is 40.5. The van der Waals surface area contributed by atoms with Crippen LogP contribution in [0.2, 0.25) is 0 Å². The molecule has 0 unspecified atom stereocenters. The zero-order valence-corrected chi connectivity index (χ0v) is 40.5. The maximum absolute atomic E-state index is 11.8. The second-order valence-corrected chi connectivity index (χ2v) is 18.8. The van der Waals surface area contributed by atoms with Crippen molar-refractivity contribution in [1.29, 1.82) is 0 Å². The molecule has 422 valence electrons. The molecule has 31 nitrogen and oxygen atoms in total. The molecule has 0 bridgehead atoms. The summed E-state index contributed by atoms with van der Waals surface area (Å²) in [7, 11) is 0. The number of aliphatic hydroxyl groups is 14. The second kappa shape index (κ2) is 26.0. The minimum atomic E-state index is -1.80. The van der Waals surface area contributed by atoms with Gasteiger partial charge in [0, 0.05) is 11.6 Å². The Morgan fingerprint density at radius 1 is 0.533 bits per heavy atom. The molecule has 0 saturated carbocycles. The normalized spacial score (nSPS) is 36.6. The van der Waals surface area contributed by atoms with Gasteiger partial charge in [-0.3, -0.25) is 4.79 Å². The number of hydrogen-bond donors (Lipinski definition) is 14. The van der Waals surface area contributed by atoms with E-state index < -0.39 is 155 Å². The molecule has 75 heavy (non-hydrogen) atoms. The van der Waals surface area contributed by atoms with E-state index in [-0.39, 0.29) is 56.6 Å². The first-order chi connectivity index (χ1) is 35.7. The van der Waals surface area contributed by atoms with Crippen molar-refractivity contribution in [3.8, 4) is 11.5 Å². The van der Waals surface area contributed by atoms with E-state index in [4.69, 9.17) is 47.4 Å². The predicted molar refractivity (Wildman–Crippen MR) is 239 cm³/mol. The topological polar surface area (TPSA) is 454 Å². The molecule has 1 aromatic carbocycles. The van der Waals surface area contributed by atoms with E-state index in [1.807, 2.05) is 0 Å². The van der Waals surface area contributed by atoms with Crippen LogP contribution in [0.1, 0.15) is 35.6 Å². The number of rotatable bonds is 24. The summed E-state index contributed by atoms with van der Waals surface area (Å²) in [5.41, 5.74) is -0.506. The Bertz CT molecular complexity index is 2240. The molecule has 3 aromatic rings. The molecule has 0 radical (unpaired) electrons. The molecule has 4 fully saturated rings. The lowest BCUT2D eigenvalue weighted by Gasteiger charge is -2.48. The van der Waals surface area contributed by atoms with E-state index in [9.17, 15) is 76.3 Å². The fraction of sp³-hybridized carbons (Fsp3) is 0.750. The molecule has 4 aliphatic heterocycles. The van der Waals surface area contributed by atoms with Gasteiger partial charge in [-0.15, -0.1) is 10.2 Å². The summed E-state index contributed by atoms with van der Waals surface area (Å²) in [6.07, 6.45) is -27.4. The highest BCUT2D eigenvalue weighted by Gasteiger charge is 2.53. The molecule has 0 spiro atoms. The van der Waals surface area contributed by atoms with Crippen LogP contribution in [-0.2, 0) is 64.2 Å². The Morgan fingerprint density at radius 3 is 1.40 bits per heavy atom. The summed E-state index contributed by atoms with van der Waals surface area (Å²) >= 11 is 0. The van der Waals surface area contributed by atoms with Crippen LogP contribution in [0.3, 0.4) is 0 Å². The summed E-state index contributed by atoms with van der Waals surface area (Å²) in [6, 6.07) is 4.51. The lowest BCUT2D eigenvalue weighted by Crippen LogP contribution is -2.65. The van der Waals surface area contributed by atoms with Crippen LogP contribution in [0.15, 0.2) is 30.6 Å². The van der Waals surface area contributed by atoms with Crippen molar-refractivity contribution in [2.45, 2.75) is 168 Å². The van der Waals surface area contributed by atoms with Crippen LogP contribution in [-0.4, -0.2) is 276 Å². The highest BCUT2D eigenvalue weighted by atomic mass is 16.7. The van der Waals surface area contributed by atoms with E-state index in [2.05, 4.69) is 20.6 Å². The number of carbonyl (C=O) groups is 1. The van der Waals surface area contributed by atoms with Crippen LogP contribution < -0.4 is 9.47 Å². The molecule has 0 amide bonds. The zero-order chi connectivity index (χ0) is 54.3. The molecule has 7 rings (SSSR count). The Labute approximate surface area is 426 Å². The molecule has 0 aliphatic carbocycles. The quantitative estimate of drug-likeness (QED) is 0.0371. The number of nitrogens with zero attached hydrogens (tertiary/aromatic N) is 6. The molecule has 4 aliphatic rings. The third kappa shape index (κ3) is 14.1. The molecule has 4 saturated heterocycles. The van der Waals surface area contributed by atoms with Gasteiger partial charge in [-0.2, -0.15) is 0 Å². The predicted octanol–water partition coefficient (Wildman–Crippen LogP) is -8.06. The van der Waals surface area contributed by atoms with Gasteiger partial charge >= 0.3 is 0 Å². The third-order valence-corrected chi connectivity index (χ3v) is 13.0. The van der Waals surface area contributed by atoms with Crippen molar-refractivity contribution in [2.75, 3.05) is 39.6 Å². The maximum atomic E-state index is 11.8. The molecular weight excluding hydrogens is 1010 g/mol. The van der Waals surface area contributed by atoms with E-state index in [1.165, 1.54) is 41.4 Å². The van der Waals surface area contributed by atoms with Crippen molar-refractivity contribution in [3.63, 3.8) is 0 Å². The Hall–Kier alpha value is -4.11. The summed E-state index contributed by atoms with van der Waals surface area (Å²) in [6.45, 7) is 0.439. The van der Waals surface area contributed by atoms with Gasteiger partial charge in [0.2, 0.25) is 0 Å². The molecule has 6 heterocycles. The largest absolute Gasteiger partial charge is 0.487 e. The molecule has 2 aromatic heterocycles. The standard InChI is InChI=1S/C44H66N6O25/c1-44(2,40-36(62)32(58)30(56)26(72-40)17-70-43-39(65)34(60)29(55)25(14-53)74-43)71-18-27-31(57)35(61)38(64)42(75-27)67-6-4-50-11-21(46-48-50)16-69-23-8-19(12-51)7-22(9-23)68-15-20-10-49(47-45-20)3-5-66-41-37(63)33(59)28(54)24(13-52)73-41/h7-12,24-43,52-65H,3-6,13-18H2,1-2H3/t24-,25-,26-,27-,28-,29-,30-,31-,32+,33+,34+,35+,36-,37-,38-,39-,40-,41+,42+,43-/m1/s1. The van der Waals surface area contributed by atoms with Crippen molar-refractivity contribution < 1.29 is 124 Å². The minimum absolute atomic E-state index is 0.0373. The SMILES string of the molecule is CC(C)(OC[C@H]1O[C@H](OCCn2cc(COc3cc(C=O)cc(OCc4cn(CCO[C@H]5O[C@H](CO)[C@@H](O)[C@H](O)[C@H]5O)nn4)c3)nn2)[C@H](O)[C@@H](O)[C@@H]1O)[C@@H]1O[C@H](CO[C@@H]2O[C@H](CO)[C@@H](O)[C@H](O)[C@H]2O)[C@@H](O)[C@H](O)[C@H]1O. The van der Waals surface area contributed by atoms with Gasteiger partial charge in [0.1, 0.15) is 146 Å². The number of aliphatic hydroxyl groups excluding tert-OH is 14. The fourth-order valence-electron chi connectivity index (χ4n) is 8.53. The third-order valence-electron chi connectivity index (χ3n) is 13.0. The van der Waals surface area contributed by atoms with E-state index in [0.29, 0.717) is 17.7 Å². The monoisotopic (exact) mass is 1080 g/mol. The van der Waals surface area contributed by atoms with Crippen LogP contribution in [0.4, 0.5) is 0 Å². The Morgan fingerprint density at radius 2 is 0.947 bits per heavy atom. The first kappa shape index (κ1) is 58.6. The summed E-state index contributed by atoms with van der Waals surface area (Å²) < 4.78 is 59.6. The maximum Gasteiger partial charge on any atom is 0.186 e. The Balaban J connectivity index is 0.848. The van der Waals surface area contributed by atoms with Crippen LogP contribution in [0.25, 0.3) is 0 Å². The number of ether oxygens (including phenoxy) is 10.